The van der Waals surface area contributed by atoms with Crippen LogP contribution in [0.5, 0.6) is 11.5 Å². The first kappa shape index (κ1) is 18.1. The summed E-state index contributed by atoms with van der Waals surface area (Å²) in [5.74, 6) is 0.0132. The van der Waals surface area contributed by atoms with E-state index in [1.54, 1.807) is 48.5 Å². The van der Waals surface area contributed by atoms with E-state index >= 15 is 0 Å². The van der Waals surface area contributed by atoms with Crippen LogP contribution in [0.25, 0.3) is 6.08 Å². The molecular weight excluding hydrogens is 322 g/mol. The molecule has 0 atom stereocenters. The van der Waals surface area contributed by atoms with E-state index in [-0.39, 0.29) is 5.70 Å². The Morgan fingerprint density at radius 3 is 2.20 bits per heavy atom. The molecule has 0 aliphatic carbocycles. The van der Waals surface area contributed by atoms with E-state index in [9.17, 15) is 9.59 Å². The lowest BCUT2D eigenvalue weighted by Gasteiger charge is -2.10. The van der Waals surface area contributed by atoms with Crippen molar-refractivity contribution in [2.24, 2.45) is 0 Å². The zero-order valence-electron chi connectivity index (χ0n) is 14.2. The highest BCUT2D eigenvalue weighted by Crippen LogP contribution is 2.28. The van der Waals surface area contributed by atoms with E-state index in [2.05, 4.69) is 5.32 Å². The fourth-order valence-electron chi connectivity index (χ4n) is 2.15. The van der Waals surface area contributed by atoms with Gasteiger partial charge < -0.3 is 19.5 Å². The number of nitrogens with one attached hydrogen (secondary N) is 1. The molecule has 0 aliphatic rings. The minimum atomic E-state index is -0.654. The average Bonchev–Trinajstić information content (AvgIpc) is 2.67. The first-order valence-corrected chi connectivity index (χ1v) is 7.47. The van der Waals surface area contributed by atoms with Crippen molar-refractivity contribution >= 4 is 18.0 Å². The summed E-state index contributed by atoms with van der Waals surface area (Å²) in [6.07, 6.45) is 1.51. The molecule has 0 fully saturated rings. The molecule has 6 nitrogen and oxygen atoms in total. The predicted octanol–water partition coefficient (Wildman–Crippen LogP) is 2.65. The van der Waals surface area contributed by atoms with E-state index in [0.29, 0.717) is 22.6 Å². The molecule has 2 aromatic rings. The zero-order valence-corrected chi connectivity index (χ0v) is 14.2. The van der Waals surface area contributed by atoms with Crippen LogP contribution >= 0.6 is 0 Å². The van der Waals surface area contributed by atoms with Gasteiger partial charge in [-0.2, -0.15) is 0 Å². The lowest BCUT2D eigenvalue weighted by molar-refractivity contribution is -0.136. The molecule has 0 aromatic heterocycles. The Morgan fingerprint density at radius 2 is 1.60 bits per heavy atom. The van der Waals surface area contributed by atoms with Crippen LogP contribution in [0.4, 0.5) is 0 Å². The highest BCUT2D eigenvalue weighted by atomic mass is 16.5. The second-order valence-electron chi connectivity index (χ2n) is 4.98. The molecule has 1 N–H and O–H groups in total. The quantitative estimate of drug-likeness (QED) is 0.646. The zero-order chi connectivity index (χ0) is 18.2. The molecule has 2 rings (SSSR count). The highest BCUT2D eigenvalue weighted by Gasteiger charge is 2.15. The molecular formula is C19H19NO5. The van der Waals surface area contributed by atoms with Crippen LogP contribution in [0.15, 0.2) is 54.2 Å². The van der Waals surface area contributed by atoms with Crippen LogP contribution < -0.4 is 14.8 Å². The molecule has 0 radical (unpaired) electrons. The molecule has 6 heteroatoms. The molecule has 0 saturated heterocycles. The third-order valence-corrected chi connectivity index (χ3v) is 3.41. The molecule has 0 heterocycles. The Hall–Kier alpha value is -3.28. The summed E-state index contributed by atoms with van der Waals surface area (Å²) in [7, 11) is 4.30. The van der Waals surface area contributed by atoms with Crippen molar-refractivity contribution in [3.8, 4) is 11.5 Å². The number of rotatable bonds is 6. The normalized spacial score (nSPS) is 10.8. The molecule has 130 valence electrons. The number of amides is 1. The van der Waals surface area contributed by atoms with Crippen molar-refractivity contribution in [3.05, 3.63) is 65.4 Å². The molecule has 0 unspecified atom stereocenters. The van der Waals surface area contributed by atoms with Gasteiger partial charge >= 0.3 is 5.97 Å². The summed E-state index contributed by atoms with van der Waals surface area (Å²) in [4.78, 5) is 24.3. The summed E-state index contributed by atoms with van der Waals surface area (Å²) >= 11 is 0. The minimum absolute atomic E-state index is 0.0172. The van der Waals surface area contributed by atoms with Crippen LogP contribution in [-0.4, -0.2) is 33.2 Å². The third kappa shape index (κ3) is 4.60. The van der Waals surface area contributed by atoms with Crippen molar-refractivity contribution in [1.29, 1.82) is 0 Å². The van der Waals surface area contributed by atoms with Crippen molar-refractivity contribution in [3.63, 3.8) is 0 Å². The van der Waals surface area contributed by atoms with E-state index < -0.39 is 11.9 Å². The molecule has 0 bridgehead atoms. The SMILES string of the molecule is COC(=O)C(=Cc1ccc(OC)c(OC)c1)NC(=O)c1ccccc1. The maximum absolute atomic E-state index is 12.3. The molecule has 0 saturated carbocycles. The van der Waals surface area contributed by atoms with Crippen molar-refractivity contribution in [2.45, 2.75) is 0 Å². The molecule has 0 spiro atoms. The lowest BCUT2D eigenvalue weighted by Crippen LogP contribution is -2.28. The fourth-order valence-corrected chi connectivity index (χ4v) is 2.15. The molecule has 0 aliphatic heterocycles. The van der Waals surface area contributed by atoms with Gasteiger partial charge in [-0.05, 0) is 35.9 Å². The van der Waals surface area contributed by atoms with Crippen LogP contribution in [0, 0.1) is 0 Å². The summed E-state index contributed by atoms with van der Waals surface area (Å²) < 4.78 is 15.2. The summed E-state index contributed by atoms with van der Waals surface area (Å²) in [5.41, 5.74) is 1.10. The van der Waals surface area contributed by atoms with Crippen LogP contribution in [0.3, 0.4) is 0 Å². The molecule has 25 heavy (non-hydrogen) atoms. The fraction of sp³-hybridized carbons (Fsp3) is 0.158. The van der Waals surface area contributed by atoms with E-state index in [1.165, 1.54) is 27.4 Å². The summed E-state index contributed by atoms with van der Waals surface area (Å²) in [6, 6.07) is 13.7. The Balaban J connectivity index is 2.32. The Labute approximate surface area is 146 Å². The smallest absolute Gasteiger partial charge is 0.354 e. The van der Waals surface area contributed by atoms with E-state index in [0.717, 1.165) is 0 Å². The van der Waals surface area contributed by atoms with Gasteiger partial charge in [-0.3, -0.25) is 4.79 Å². The number of hydrogen-bond acceptors (Lipinski definition) is 5. The van der Waals surface area contributed by atoms with E-state index in [1.807, 2.05) is 0 Å². The number of benzene rings is 2. The highest BCUT2D eigenvalue weighted by molar-refractivity contribution is 6.03. The Bertz CT molecular complexity index is 784. The van der Waals surface area contributed by atoms with Gasteiger partial charge in [0, 0.05) is 5.56 Å². The largest absolute Gasteiger partial charge is 0.493 e. The van der Waals surface area contributed by atoms with E-state index in [4.69, 9.17) is 14.2 Å². The Kier molecular flexibility index (Phi) is 6.17. The number of carbonyl (C=O) groups is 2. The second-order valence-corrected chi connectivity index (χ2v) is 4.98. The minimum Gasteiger partial charge on any atom is -0.493 e. The van der Waals surface area contributed by atoms with Gasteiger partial charge in [0.15, 0.2) is 11.5 Å². The monoisotopic (exact) mass is 341 g/mol. The van der Waals surface area contributed by atoms with Crippen molar-refractivity contribution < 1.29 is 23.8 Å². The molecule has 1 amide bonds. The number of carbonyl (C=O) groups excluding carboxylic acids is 2. The summed E-state index contributed by atoms with van der Waals surface area (Å²) in [6.45, 7) is 0. The standard InChI is InChI=1S/C19H19NO5/c1-23-16-10-9-13(12-17(16)24-2)11-15(19(22)25-3)20-18(21)14-7-5-4-6-8-14/h4-12H,1-3H3,(H,20,21). The van der Waals surface area contributed by atoms with Crippen LogP contribution in [-0.2, 0) is 9.53 Å². The predicted molar refractivity (Wildman–Crippen MR) is 93.4 cm³/mol. The van der Waals surface area contributed by atoms with Gasteiger partial charge in [-0.25, -0.2) is 4.79 Å². The number of methoxy groups -OCH3 is 3. The maximum Gasteiger partial charge on any atom is 0.354 e. The Morgan fingerprint density at radius 1 is 0.920 bits per heavy atom. The topological polar surface area (TPSA) is 73.9 Å². The van der Waals surface area contributed by atoms with Crippen molar-refractivity contribution in [1.82, 2.24) is 5.32 Å². The summed E-state index contributed by atoms with van der Waals surface area (Å²) in [5, 5.41) is 2.57. The van der Waals surface area contributed by atoms with Crippen molar-refractivity contribution in [2.75, 3.05) is 21.3 Å². The number of hydrogen-bond donors (Lipinski definition) is 1. The number of ether oxygens (including phenoxy) is 3. The second kappa shape index (κ2) is 8.54. The maximum atomic E-state index is 12.3. The van der Waals surface area contributed by atoms with Gasteiger partial charge in [0.2, 0.25) is 0 Å². The van der Waals surface area contributed by atoms with Gasteiger partial charge in [-0.15, -0.1) is 0 Å². The van der Waals surface area contributed by atoms with Gasteiger partial charge in [0.05, 0.1) is 21.3 Å². The number of esters is 1. The van der Waals surface area contributed by atoms with Gasteiger partial charge in [0.1, 0.15) is 5.70 Å². The first-order valence-electron chi connectivity index (χ1n) is 7.47. The lowest BCUT2D eigenvalue weighted by atomic mass is 10.1. The third-order valence-electron chi connectivity index (χ3n) is 3.41. The van der Waals surface area contributed by atoms with Crippen LogP contribution in [0.2, 0.25) is 0 Å². The van der Waals surface area contributed by atoms with Crippen LogP contribution in [0.1, 0.15) is 15.9 Å². The van der Waals surface area contributed by atoms with Gasteiger partial charge in [0.25, 0.3) is 5.91 Å². The molecule has 2 aromatic carbocycles. The first-order chi connectivity index (χ1) is 12.1. The average molecular weight is 341 g/mol. The van der Waals surface area contributed by atoms with Gasteiger partial charge in [-0.1, -0.05) is 24.3 Å².